The number of carbonyl (C=O) groups is 1. The van der Waals surface area contributed by atoms with Gasteiger partial charge in [-0.25, -0.2) is 4.98 Å². The van der Waals surface area contributed by atoms with Gasteiger partial charge in [-0.2, -0.15) is 0 Å². The second-order valence-corrected chi connectivity index (χ2v) is 10.2. The van der Waals surface area contributed by atoms with Crippen molar-refractivity contribution in [3.05, 3.63) is 36.0 Å². The molecule has 5 rings (SSSR count). The summed E-state index contributed by atoms with van der Waals surface area (Å²) in [4.78, 5) is 22.4. The number of benzene rings is 1. The van der Waals surface area contributed by atoms with Gasteiger partial charge >= 0.3 is 0 Å². The highest BCUT2D eigenvalue weighted by Crippen LogP contribution is 2.37. The normalized spacial score (nSPS) is 19.0. The Balaban J connectivity index is 1.46. The smallest absolute Gasteiger partial charge is 0.222 e. The van der Waals surface area contributed by atoms with Crippen molar-refractivity contribution in [1.29, 1.82) is 0 Å². The number of anilines is 1. The van der Waals surface area contributed by atoms with Crippen LogP contribution in [0.1, 0.15) is 31.4 Å². The first-order valence-electron chi connectivity index (χ1n) is 13.0. The third-order valence-electron chi connectivity index (χ3n) is 7.48. The molecule has 2 aromatic heterocycles. The summed E-state index contributed by atoms with van der Waals surface area (Å²) in [7, 11) is 3.56. The van der Waals surface area contributed by atoms with E-state index in [4.69, 9.17) is 14.5 Å². The first kappa shape index (κ1) is 24.4. The summed E-state index contributed by atoms with van der Waals surface area (Å²) >= 11 is 0. The number of methoxy groups -OCH3 is 1. The van der Waals surface area contributed by atoms with Crippen LogP contribution in [0.5, 0.6) is 11.5 Å². The molecule has 0 aliphatic carbocycles. The fraction of sp³-hybridized carbons (Fsp3) is 0.500. The van der Waals surface area contributed by atoms with Gasteiger partial charge in [0.1, 0.15) is 0 Å². The number of hydrogen-bond acceptors (Lipinski definition) is 6. The van der Waals surface area contributed by atoms with E-state index in [1.54, 1.807) is 7.11 Å². The molecule has 0 bridgehead atoms. The van der Waals surface area contributed by atoms with Gasteiger partial charge in [0.25, 0.3) is 0 Å². The molecule has 36 heavy (non-hydrogen) atoms. The maximum absolute atomic E-state index is 12.2. The van der Waals surface area contributed by atoms with E-state index in [1.165, 1.54) is 0 Å². The fourth-order valence-corrected chi connectivity index (χ4v) is 5.13. The SMILES string of the molecule is COc1cc2c(NCC3CCN(C)C(=O)C3)cc(-c3ccc(C)[nH]3)nc2cc1OCC1CCNCC1. The molecule has 1 atom stereocenters. The molecule has 1 amide bonds. The molecule has 192 valence electrons. The van der Waals surface area contributed by atoms with Crippen molar-refractivity contribution < 1.29 is 14.3 Å². The molecular formula is C28H37N5O3. The number of hydrogen-bond donors (Lipinski definition) is 3. The van der Waals surface area contributed by atoms with Gasteiger partial charge < -0.3 is 30.0 Å². The van der Waals surface area contributed by atoms with Crippen LogP contribution in [0.25, 0.3) is 22.3 Å². The lowest BCUT2D eigenvalue weighted by Crippen LogP contribution is -2.37. The van der Waals surface area contributed by atoms with Crippen LogP contribution in [0.15, 0.2) is 30.3 Å². The molecule has 8 nitrogen and oxygen atoms in total. The number of aryl methyl sites for hydroxylation is 1. The number of nitrogens with one attached hydrogen (secondary N) is 3. The van der Waals surface area contributed by atoms with E-state index < -0.39 is 0 Å². The van der Waals surface area contributed by atoms with E-state index in [9.17, 15) is 4.79 Å². The Bertz CT molecular complexity index is 1220. The molecule has 1 aromatic carbocycles. The Morgan fingerprint density at radius 1 is 1.11 bits per heavy atom. The van der Waals surface area contributed by atoms with Crippen molar-refractivity contribution in [2.24, 2.45) is 11.8 Å². The molecule has 2 fully saturated rings. The number of H-pyrrole nitrogens is 1. The number of amides is 1. The lowest BCUT2D eigenvalue weighted by Gasteiger charge is -2.29. The third-order valence-corrected chi connectivity index (χ3v) is 7.48. The van der Waals surface area contributed by atoms with E-state index in [2.05, 4.69) is 33.8 Å². The Kier molecular flexibility index (Phi) is 7.32. The van der Waals surface area contributed by atoms with Crippen molar-refractivity contribution in [1.82, 2.24) is 20.2 Å². The standard InChI is InChI=1S/C28H37N5O3/c1-18-4-5-22(31-18)25-14-23(30-16-20-8-11-33(2)28(34)12-20)21-13-26(35-3)27(15-24(21)32-25)36-17-19-6-9-29-10-7-19/h4-5,13-15,19-20,29,31H,6-12,16-17H2,1-3H3,(H,30,32). The molecule has 3 aromatic rings. The first-order valence-corrected chi connectivity index (χ1v) is 13.0. The van der Waals surface area contributed by atoms with Crippen LogP contribution in [-0.2, 0) is 4.79 Å². The minimum atomic E-state index is 0.215. The zero-order valence-electron chi connectivity index (χ0n) is 21.5. The van der Waals surface area contributed by atoms with Crippen LogP contribution in [0.4, 0.5) is 5.69 Å². The molecule has 2 aliphatic heterocycles. The quantitative estimate of drug-likeness (QED) is 0.437. The third kappa shape index (κ3) is 5.43. The van der Waals surface area contributed by atoms with E-state index >= 15 is 0 Å². The highest BCUT2D eigenvalue weighted by molar-refractivity contribution is 5.95. The van der Waals surface area contributed by atoms with Crippen LogP contribution < -0.4 is 20.1 Å². The number of nitrogens with zero attached hydrogens (tertiary/aromatic N) is 2. The van der Waals surface area contributed by atoms with E-state index in [0.717, 1.165) is 84.9 Å². The number of carbonyl (C=O) groups excluding carboxylic acids is 1. The number of piperidine rings is 2. The Morgan fingerprint density at radius 3 is 2.67 bits per heavy atom. The van der Waals surface area contributed by atoms with Gasteiger partial charge in [-0.3, -0.25) is 4.79 Å². The molecular weight excluding hydrogens is 454 g/mol. The number of likely N-dealkylation sites (tertiary alicyclic amines) is 1. The monoisotopic (exact) mass is 491 g/mol. The average Bonchev–Trinajstić information content (AvgIpc) is 3.34. The lowest BCUT2D eigenvalue weighted by molar-refractivity contribution is -0.133. The molecule has 2 aliphatic rings. The largest absolute Gasteiger partial charge is 0.493 e. The second-order valence-electron chi connectivity index (χ2n) is 10.2. The van der Waals surface area contributed by atoms with Gasteiger partial charge in [0.05, 0.1) is 30.6 Å². The van der Waals surface area contributed by atoms with Crippen LogP contribution in [0, 0.1) is 18.8 Å². The Hall–Kier alpha value is -3.26. The maximum atomic E-state index is 12.2. The zero-order chi connectivity index (χ0) is 25.1. The average molecular weight is 492 g/mol. The lowest BCUT2D eigenvalue weighted by atomic mass is 9.96. The van der Waals surface area contributed by atoms with Crippen molar-refractivity contribution in [3.63, 3.8) is 0 Å². The molecule has 0 saturated carbocycles. The summed E-state index contributed by atoms with van der Waals surface area (Å²) in [6.45, 7) is 6.34. The molecule has 0 radical (unpaired) electrons. The number of pyridine rings is 1. The van der Waals surface area contributed by atoms with Crippen molar-refractivity contribution in [2.45, 2.75) is 32.6 Å². The number of aromatic nitrogens is 2. The summed E-state index contributed by atoms with van der Waals surface area (Å²) in [5, 5.41) is 8.02. The van der Waals surface area contributed by atoms with Gasteiger partial charge in [0.2, 0.25) is 5.91 Å². The predicted molar refractivity (Wildman–Crippen MR) is 143 cm³/mol. The summed E-state index contributed by atoms with van der Waals surface area (Å²) in [5.41, 5.74) is 4.76. The van der Waals surface area contributed by atoms with Crippen LogP contribution in [-0.4, -0.2) is 67.7 Å². The molecule has 3 N–H and O–H groups in total. The van der Waals surface area contributed by atoms with Crippen molar-refractivity contribution >= 4 is 22.5 Å². The number of aromatic amines is 1. The van der Waals surface area contributed by atoms with Crippen LogP contribution >= 0.6 is 0 Å². The van der Waals surface area contributed by atoms with Gasteiger partial charge in [0, 0.05) is 49.4 Å². The van der Waals surface area contributed by atoms with Gasteiger partial charge in [0.15, 0.2) is 11.5 Å². The summed E-state index contributed by atoms with van der Waals surface area (Å²) in [6, 6.07) is 10.2. The Morgan fingerprint density at radius 2 is 1.94 bits per heavy atom. The summed E-state index contributed by atoms with van der Waals surface area (Å²) in [5.74, 6) is 2.50. The summed E-state index contributed by atoms with van der Waals surface area (Å²) < 4.78 is 12.0. The first-order chi connectivity index (χ1) is 17.5. The molecule has 4 heterocycles. The van der Waals surface area contributed by atoms with E-state index in [-0.39, 0.29) is 5.91 Å². The Labute approximate surface area is 212 Å². The number of fused-ring (bicyclic) bond motifs is 1. The van der Waals surface area contributed by atoms with Gasteiger partial charge in [-0.15, -0.1) is 0 Å². The minimum Gasteiger partial charge on any atom is -0.493 e. The van der Waals surface area contributed by atoms with Gasteiger partial charge in [-0.1, -0.05) is 0 Å². The number of ether oxygens (including phenoxy) is 2. The highest BCUT2D eigenvalue weighted by atomic mass is 16.5. The molecule has 1 unspecified atom stereocenters. The van der Waals surface area contributed by atoms with E-state index in [1.807, 2.05) is 31.0 Å². The maximum Gasteiger partial charge on any atom is 0.222 e. The topological polar surface area (TPSA) is 91.5 Å². The fourth-order valence-electron chi connectivity index (χ4n) is 5.13. The number of rotatable bonds is 8. The van der Waals surface area contributed by atoms with Gasteiger partial charge in [-0.05, 0) is 75.4 Å². The minimum absolute atomic E-state index is 0.215. The second kappa shape index (κ2) is 10.8. The zero-order valence-corrected chi connectivity index (χ0v) is 21.5. The van der Waals surface area contributed by atoms with E-state index in [0.29, 0.717) is 30.6 Å². The van der Waals surface area contributed by atoms with Crippen molar-refractivity contribution in [2.75, 3.05) is 52.3 Å². The molecule has 2 saturated heterocycles. The van der Waals surface area contributed by atoms with Crippen LogP contribution in [0.3, 0.4) is 0 Å². The van der Waals surface area contributed by atoms with Crippen LogP contribution in [0.2, 0.25) is 0 Å². The molecule has 0 spiro atoms. The molecule has 8 heteroatoms. The van der Waals surface area contributed by atoms with Crippen molar-refractivity contribution in [3.8, 4) is 22.9 Å². The highest BCUT2D eigenvalue weighted by Gasteiger charge is 2.24. The summed E-state index contributed by atoms with van der Waals surface area (Å²) in [6.07, 6.45) is 3.82. The predicted octanol–water partition coefficient (Wildman–Crippen LogP) is 4.21.